The van der Waals surface area contributed by atoms with E-state index in [1.54, 1.807) is 12.1 Å². The lowest BCUT2D eigenvalue weighted by atomic mass is 9.96. The first-order valence-electron chi connectivity index (χ1n) is 4.68. The van der Waals surface area contributed by atoms with Crippen molar-refractivity contribution >= 4 is 11.8 Å². The van der Waals surface area contributed by atoms with E-state index >= 15 is 0 Å². The molecule has 0 aromatic carbocycles. The minimum Gasteiger partial charge on any atom is -0.459 e. The monoisotopic (exact) mass is 192 g/mol. The van der Waals surface area contributed by atoms with E-state index < -0.39 is 0 Å². The Morgan fingerprint density at radius 3 is 2.79 bits per heavy atom. The Morgan fingerprint density at radius 2 is 2.29 bits per heavy atom. The van der Waals surface area contributed by atoms with Crippen LogP contribution in [-0.4, -0.2) is 17.1 Å². The van der Waals surface area contributed by atoms with Gasteiger partial charge in [-0.05, 0) is 31.4 Å². The third-order valence-corrected chi connectivity index (χ3v) is 2.35. The molecule has 4 nitrogen and oxygen atoms in total. The van der Waals surface area contributed by atoms with Crippen LogP contribution >= 0.6 is 0 Å². The smallest absolute Gasteiger partial charge is 0.339 e. The minimum atomic E-state index is -0.304. The van der Waals surface area contributed by atoms with Crippen molar-refractivity contribution in [2.75, 3.05) is 5.73 Å². The summed E-state index contributed by atoms with van der Waals surface area (Å²) in [6, 6.07) is 3.22. The molecule has 1 fully saturated rings. The SMILES string of the molecule is Nc1ccc(C(=O)OC2CCC2)cn1. The van der Waals surface area contributed by atoms with Crippen molar-refractivity contribution in [3.05, 3.63) is 23.9 Å². The number of anilines is 1. The normalized spacial score (nSPS) is 16.0. The summed E-state index contributed by atoms with van der Waals surface area (Å²) in [4.78, 5) is 15.3. The maximum atomic E-state index is 11.5. The van der Waals surface area contributed by atoms with Crippen LogP contribution in [0.25, 0.3) is 0 Å². The average molecular weight is 192 g/mol. The minimum absolute atomic E-state index is 0.111. The van der Waals surface area contributed by atoms with Crippen LogP contribution < -0.4 is 5.73 Å². The number of hydrogen-bond donors (Lipinski definition) is 1. The zero-order chi connectivity index (χ0) is 9.97. The van der Waals surface area contributed by atoms with Gasteiger partial charge in [0.15, 0.2) is 0 Å². The van der Waals surface area contributed by atoms with E-state index in [1.165, 1.54) is 6.20 Å². The van der Waals surface area contributed by atoms with E-state index in [-0.39, 0.29) is 12.1 Å². The first-order valence-corrected chi connectivity index (χ1v) is 4.68. The van der Waals surface area contributed by atoms with Crippen molar-refractivity contribution in [2.45, 2.75) is 25.4 Å². The number of carbonyl (C=O) groups is 1. The van der Waals surface area contributed by atoms with Gasteiger partial charge in [-0.2, -0.15) is 0 Å². The van der Waals surface area contributed by atoms with E-state index in [9.17, 15) is 4.79 Å². The van der Waals surface area contributed by atoms with Crippen LogP contribution in [0.4, 0.5) is 5.82 Å². The van der Waals surface area contributed by atoms with Crippen LogP contribution in [-0.2, 0) is 4.74 Å². The summed E-state index contributed by atoms with van der Waals surface area (Å²) in [5.74, 6) is 0.104. The van der Waals surface area contributed by atoms with Crippen molar-refractivity contribution in [1.82, 2.24) is 4.98 Å². The third kappa shape index (κ3) is 1.84. The van der Waals surface area contributed by atoms with Gasteiger partial charge in [-0.15, -0.1) is 0 Å². The fourth-order valence-corrected chi connectivity index (χ4v) is 1.23. The molecular weight excluding hydrogens is 180 g/mol. The molecule has 0 bridgehead atoms. The Hall–Kier alpha value is -1.58. The molecule has 0 spiro atoms. The van der Waals surface area contributed by atoms with Gasteiger partial charge in [0.05, 0.1) is 5.56 Å². The highest BCUT2D eigenvalue weighted by Crippen LogP contribution is 2.22. The number of carbonyl (C=O) groups excluding carboxylic acids is 1. The summed E-state index contributed by atoms with van der Waals surface area (Å²) in [7, 11) is 0. The Kier molecular flexibility index (Phi) is 2.35. The molecule has 0 unspecified atom stereocenters. The highest BCUT2D eigenvalue weighted by Gasteiger charge is 2.22. The fourth-order valence-electron chi connectivity index (χ4n) is 1.23. The zero-order valence-corrected chi connectivity index (χ0v) is 7.77. The number of rotatable bonds is 2. The maximum absolute atomic E-state index is 11.5. The summed E-state index contributed by atoms with van der Waals surface area (Å²) >= 11 is 0. The molecule has 0 aliphatic heterocycles. The lowest BCUT2D eigenvalue weighted by molar-refractivity contribution is 0.00897. The quantitative estimate of drug-likeness (QED) is 0.719. The topological polar surface area (TPSA) is 65.2 Å². The molecule has 74 valence electrons. The van der Waals surface area contributed by atoms with Gasteiger partial charge >= 0.3 is 5.97 Å². The van der Waals surface area contributed by atoms with Crippen LogP contribution in [0.5, 0.6) is 0 Å². The predicted octanol–water partition coefficient (Wildman–Crippen LogP) is 1.37. The number of aromatic nitrogens is 1. The number of nitrogen functional groups attached to an aromatic ring is 1. The first-order chi connectivity index (χ1) is 6.75. The van der Waals surface area contributed by atoms with Gasteiger partial charge in [-0.25, -0.2) is 9.78 Å². The Balaban J connectivity index is 1.99. The predicted molar refractivity (Wildman–Crippen MR) is 51.7 cm³/mol. The van der Waals surface area contributed by atoms with Crippen molar-refractivity contribution in [3.63, 3.8) is 0 Å². The number of ether oxygens (including phenoxy) is 1. The number of esters is 1. The van der Waals surface area contributed by atoms with Gasteiger partial charge in [-0.3, -0.25) is 0 Å². The average Bonchev–Trinajstić information content (AvgIpc) is 2.12. The highest BCUT2D eigenvalue weighted by molar-refractivity contribution is 5.89. The maximum Gasteiger partial charge on any atom is 0.339 e. The third-order valence-electron chi connectivity index (χ3n) is 2.35. The molecule has 1 aliphatic carbocycles. The van der Waals surface area contributed by atoms with Crippen LogP contribution in [0.3, 0.4) is 0 Å². The Labute approximate surface area is 82.1 Å². The second-order valence-electron chi connectivity index (χ2n) is 3.43. The molecule has 1 aliphatic rings. The number of nitrogens with zero attached hydrogens (tertiary/aromatic N) is 1. The van der Waals surface area contributed by atoms with E-state index in [4.69, 9.17) is 10.5 Å². The molecule has 14 heavy (non-hydrogen) atoms. The molecule has 2 N–H and O–H groups in total. The van der Waals surface area contributed by atoms with Crippen LogP contribution in [0, 0.1) is 0 Å². The zero-order valence-electron chi connectivity index (χ0n) is 7.77. The lowest BCUT2D eigenvalue weighted by Crippen LogP contribution is -2.25. The standard InChI is InChI=1S/C10H12N2O2/c11-9-5-4-7(6-12-9)10(13)14-8-2-1-3-8/h4-6,8H,1-3H2,(H2,11,12). The fraction of sp³-hybridized carbons (Fsp3) is 0.400. The van der Waals surface area contributed by atoms with E-state index in [0.29, 0.717) is 11.4 Å². The van der Waals surface area contributed by atoms with Gasteiger partial charge in [0.1, 0.15) is 11.9 Å². The second kappa shape index (κ2) is 3.65. The Bertz CT molecular complexity index is 330. The van der Waals surface area contributed by atoms with E-state index in [2.05, 4.69) is 4.98 Å². The van der Waals surface area contributed by atoms with Crippen molar-refractivity contribution in [1.29, 1.82) is 0 Å². The largest absolute Gasteiger partial charge is 0.459 e. The van der Waals surface area contributed by atoms with Gasteiger partial charge in [-0.1, -0.05) is 0 Å². The van der Waals surface area contributed by atoms with Gasteiger partial charge < -0.3 is 10.5 Å². The Morgan fingerprint density at radius 1 is 1.50 bits per heavy atom. The van der Waals surface area contributed by atoms with Crippen LogP contribution in [0.2, 0.25) is 0 Å². The molecule has 0 amide bonds. The molecule has 2 rings (SSSR count). The van der Waals surface area contributed by atoms with Gasteiger partial charge in [0, 0.05) is 6.20 Å². The summed E-state index contributed by atoms with van der Waals surface area (Å²) in [5, 5.41) is 0. The van der Waals surface area contributed by atoms with E-state index in [0.717, 1.165) is 19.3 Å². The molecule has 1 aromatic rings. The van der Waals surface area contributed by atoms with Gasteiger partial charge in [0.25, 0.3) is 0 Å². The molecule has 0 saturated heterocycles. The molecule has 1 saturated carbocycles. The molecule has 0 radical (unpaired) electrons. The molecular formula is C10H12N2O2. The van der Waals surface area contributed by atoms with Gasteiger partial charge in [0.2, 0.25) is 0 Å². The second-order valence-corrected chi connectivity index (χ2v) is 3.43. The molecule has 1 heterocycles. The summed E-state index contributed by atoms with van der Waals surface area (Å²) in [5.41, 5.74) is 5.87. The van der Waals surface area contributed by atoms with Crippen LogP contribution in [0.15, 0.2) is 18.3 Å². The van der Waals surface area contributed by atoms with Crippen molar-refractivity contribution in [3.8, 4) is 0 Å². The summed E-state index contributed by atoms with van der Waals surface area (Å²) in [6.45, 7) is 0. The highest BCUT2D eigenvalue weighted by atomic mass is 16.5. The molecule has 0 atom stereocenters. The summed E-state index contributed by atoms with van der Waals surface area (Å²) < 4.78 is 5.19. The first kappa shape index (κ1) is 8.99. The van der Waals surface area contributed by atoms with Crippen molar-refractivity contribution in [2.24, 2.45) is 0 Å². The summed E-state index contributed by atoms with van der Waals surface area (Å²) in [6.07, 6.45) is 4.66. The number of nitrogens with two attached hydrogens (primary N) is 1. The van der Waals surface area contributed by atoms with E-state index in [1.807, 2.05) is 0 Å². The molecule has 4 heteroatoms. The number of hydrogen-bond acceptors (Lipinski definition) is 4. The number of pyridine rings is 1. The van der Waals surface area contributed by atoms with Crippen molar-refractivity contribution < 1.29 is 9.53 Å². The lowest BCUT2D eigenvalue weighted by Gasteiger charge is -2.24. The van der Waals surface area contributed by atoms with Crippen LogP contribution in [0.1, 0.15) is 29.6 Å². The molecule has 1 aromatic heterocycles.